The van der Waals surface area contributed by atoms with Crippen molar-refractivity contribution >= 4 is 21.9 Å². The van der Waals surface area contributed by atoms with Crippen molar-refractivity contribution in [3.8, 4) is 0 Å². The van der Waals surface area contributed by atoms with Gasteiger partial charge in [0.05, 0.1) is 6.10 Å². The molecular weight excluding hydrogens is 267 g/mol. The summed E-state index contributed by atoms with van der Waals surface area (Å²) >= 11 is 3.15. The summed E-state index contributed by atoms with van der Waals surface area (Å²) in [6.07, 6.45) is -1.27. The molecule has 0 heterocycles. The Balaban J connectivity index is 2.76. The van der Waals surface area contributed by atoms with Crippen molar-refractivity contribution < 1.29 is 19.4 Å². The molecule has 1 atom stereocenters. The number of carbonyl (C=O) groups is 1. The maximum absolute atomic E-state index is 13.2. The monoisotopic (exact) mass is 276 g/mol. The molecule has 0 aliphatic carbocycles. The van der Waals surface area contributed by atoms with Crippen LogP contribution in [0.15, 0.2) is 22.7 Å². The van der Waals surface area contributed by atoms with Gasteiger partial charge in [0.2, 0.25) is 0 Å². The summed E-state index contributed by atoms with van der Waals surface area (Å²) in [7, 11) is 0. The molecule has 82 valence electrons. The zero-order valence-corrected chi connectivity index (χ0v) is 9.37. The molecule has 0 aliphatic rings. The fraction of sp³-hybridized carbons (Fsp3) is 0.300. The Labute approximate surface area is 94.7 Å². The van der Waals surface area contributed by atoms with E-state index in [1.165, 1.54) is 18.2 Å². The van der Waals surface area contributed by atoms with Gasteiger partial charge in [-0.2, -0.15) is 0 Å². The minimum atomic E-state index is -1.08. The Kier molecular flexibility index (Phi) is 4.23. The first kappa shape index (κ1) is 12.1. The number of aliphatic hydroxyl groups excluding tert-OH is 1. The molecule has 0 saturated heterocycles. The molecule has 0 amide bonds. The van der Waals surface area contributed by atoms with Crippen LogP contribution >= 0.6 is 15.9 Å². The van der Waals surface area contributed by atoms with Crippen LogP contribution in [0.3, 0.4) is 0 Å². The van der Waals surface area contributed by atoms with Gasteiger partial charge in [-0.25, -0.2) is 4.39 Å². The van der Waals surface area contributed by atoms with E-state index in [1.54, 1.807) is 0 Å². The predicted molar refractivity (Wildman–Crippen MR) is 55.9 cm³/mol. The first-order valence-electron chi connectivity index (χ1n) is 4.35. The minimum absolute atomic E-state index is 0.00269. The van der Waals surface area contributed by atoms with E-state index in [-0.39, 0.29) is 18.4 Å². The quantitative estimate of drug-likeness (QED) is 0.888. The van der Waals surface area contributed by atoms with Crippen molar-refractivity contribution in [2.75, 3.05) is 0 Å². The fourth-order valence-electron chi connectivity index (χ4n) is 1.19. The van der Waals surface area contributed by atoms with Crippen LogP contribution in [0, 0.1) is 5.82 Å². The van der Waals surface area contributed by atoms with E-state index in [0.29, 0.717) is 4.47 Å². The van der Waals surface area contributed by atoms with E-state index in [0.717, 1.165) is 0 Å². The summed E-state index contributed by atoms with van der Waals surface area (Å²) in [6, 6.07) is 4.19. The Morgan fingerprint density at radius 1 is 1.53 bits per heavy atom. The van der Waals surface area contributed by atoms with Gasteiger partial charge in [0.1, 0.15) is 5.82 Å². The maximum atomic E-state index is 13.2. The molecule has 0 fully saturated rings. The summed E-state index contributed by atoms with van der Waals surface area (Å²) in [4.78, 5) is 10.3. The second-order valence-electron chi connectivity index (χ2n) is 3.11. The Morgan fingerprint density at radius 3 is 2.80 bits per heavy atom. The minimum Gasteiger partial charge on any atom is -0.481 e. The summed E-state index contributed by atoms with van der Waals surface area (Å²) in [6.45, 7) is 0. The lowest BCUT2D eigenvalue weighted by molar-refractivity contribution is -0.137. The third kappa shape index (κ3) is 3.60. The lowest BCUT2D eigenvalue weighted by Gasteiger charge is -2.10. The van der Waals surface area contributed by atoms with Crippen molar-refractivity contribution in [2.24, 2.45) is 0 Å². The van der Waals surface area contributed by atoms with E-state index in [1.807, 2.05) is 0 Å². The second-order valence-corrected chi connectivity index (χ2v) is 4.03. The average molecular weight is 277 g/mol. The van der Waals surface area contributed by atoms with Crippen LogP contribution in [0.25, 0.3) is 0 Å². The summed E-state index contributed by atoms with van der Waals surface area (Å²) in [5.74, 6) is -1.54. The predicted octanol–water partition coefficient (Wildman–Crippen LogP) is 2.49. The van der Waals surface area contributed by atoms with Gasteiger partial charge in [-0.05, 0) is 24.6 Å². The molecule has 0 spiro atoms. The molecule has 0 bridgehead atoms. The van der Waals surface area contributed by atoms with E-state index < -0.39 is 17.9 Å². The molecule has 0 aliphatic heterocycles. The average Bonchev–Trinajstić information content (AvgIpc) is 2.18. The van der Waals surface area contributed by atoms with Crippen LogP contribution in [0.4, 0.5) is 4.39 Å². The lowest BCUT2D eigenvalue weighted by atomic mass is 10.0. The van der Waals surface area contributed by atoms with Crippen LogP contribution < -0.4 is 0 Å². The highest BCUT2D eigenvalue weighted by molar-refractivity contribution is 9.10. The molecule has 2 N–H and O–H groups in total. The van der Waals surface area contributed by atoms with E-state index in [9.17, 15) is 14.3 Å². The zero-order valence-electron chi connectivity index (χ0n) is 7.78. The Bertz CT molecular complexity index is 368. The normalized spacial score (nSPS) is 12.5. The van der Waals surface area contributed by atoms with Crippen molar-refractivity contribution in [3.63, 3.8) is 0 Å². The third-order valence-corrected chi connectivity index (χ3v) is 2.44. The number of carboxylic acid groups (broad SMARTS) is 1. The second kappa shape index (κ2) is 5.23. The van der Waals surface area contributed by atoms with Gasteiger partial charge < -0.3 is 10.2 Å². The van der Waals surface area contributed by atoms with Gasteiger partial charge in [0.15, 0.2) is 0 Å². The number of halogens is 2. The van der Waals surface area contributed by atoms with Crippen molar-refractivity contribution in [1.82, 2.24) is 0 Å². The van der Waals surface area contributed by atoms with Crippen LogP contribution in [0.5, 0.6) is 0 Å². The van der Waals surface area contributed by atoms with Gasteiger partial charge in [0, 0.05) is 16.5 Å². The van der Waals surface area contributed by atoms with Gasteiger partial charge in [-0.15, -0.1) is 0 Å². The molecule has 5 heteroatoms. The number of hydrogen-bond acceptors (Lipinski definition) is 2. The summed E-state index contributed by atoms with van der Waals surface area (Å²) in [5, 5.41) is 18.0. The molecule has 1 aromatic rings. The van der Waals surface area contributed by atoms with Gasteiger partial charge in [0.25, 0.3) is 0 Å². The van der Waals surface area contributed by atoms with Gasteiger partial charge >= 0.3 is 5.97 Å². The van der Waals surface area contributed by atoms with Gasteiger partial charge in [-0.1, -0.05) is 15.9 Å². The molecule has 0 aromatic heterocycles. The summed E-state index contributed by atoms with van der Waals surface area (Å²) < 4.78 is 13.9. The number of hydrogen-bond donors (Lipinski definition) is 2. The fourth-order valence-corrected chi connectivity index (χ4v) is 1.56. The molecule has 3 nitrogen and oxygen atoms in total. The number of rotatable bonds is 4. The topological polar surface area (TPSA) is 57.5 Å². The zero-order chi connectivity index (χ0) is 11.4. The molecule has 15 heavy (non-hydrogen) atoms. The maximum Gasteiger partial charge on any atom is 0.303 e. The first-order valence-corrected chi connectivity index (χ1v) is 5.15. The Hall–Kier alpha value is -0.940. The highest BCUT2D eigenvalue weighted by Gasteiger charge is 2.14. The van der Waals surface area contributed by atoms with Crippen LogP contribution in [-0.4, -0.2) is 16.2 Å². The highest BCUT2D eigenvalue weighted by atomic mass is 79.9. The molecule has 1 aromatic carbocycles. The molecule has 1 rings (SSSR count). The van der Waals surface area contributed by atoms with Crippen molar-refractivity contribution in [2.45, 2.75) is 18.9 Å². The summed E-state index contributed by atoms with van der Waals surface area (Å²) in [5.41, 5.74) is 0.116. The van der Waals surface area contributed by atoms with Crippen LogP contribution in [0.2, 0.25) is 0 Å². The van der Waals surface area contributed by atoms with Crippen molar-refractivity contribution in [1.29, 1.82) is 0 Å². The Morgan fingerprint density at radius 2 is 2.20 bits per heavy atom. The first-order chi connectivity index (χ1) is 7.00. The third-order valence-electron chi connectivity index (χ3n) is 1.95. The molecule has 1 unspecified atom stereocenters. The number of carboxylic acids is 1. The smallest absolute Gasteiger partial charge is 0.303 e. The largest absolute Gasteiger partial charge is 0.481 e. The lowest BCUT2D eigenvalue weighted by Crippen LogP contribution is -2.04. The van der Waals surface area contributed by atoms with Crippen LogP contribution in [-0.2, 0) is 4.79 Å². The molecule has 0 radical (unpaired) electrons. The number of aliphatic carboxylic acids is 1. The molecular formula is C10H10BrFO3. The SMILES string of the molecule is O=C(O)CCC(O)c1cc(Br)ccc1F. The highest BCUT2D eigenvalue weighted by Crippen LogP contribution is 2.24. The van der Waals surface area contributed by atoms with Gasteiger partial charge in [-0.3, -0.25) is 4.79 Å². The number of aliphatic hydroxyl groups is 1. The van der Waals surface area contributed by atoms with E-state index in [2.05, 4.69) is 15.9 Å². The van der Waals surface area contributed by atoms with Crippen molar-refractivity contribution in [3.05, 3.63) is 34.1 Å². The van der Waals surface area contributed by atoms with E-state index in [4.69, 9.17) is 5.11 Å². The van der Waals surface area contributed by atoms with Crippen LogP contribution in [0.1, 0.15) is 24.5 Å². The standard InChI is InChI=1S/C10H10BrFO3/c11-6-1-2-8(12)7(5-6)9(13)3-4-10(14)15/h1-2,5,9,13H,3-4H2,(H,14,15). The van der Waals surface area contributed by atoms with E-state index >= 15 is 0 Å². The number of benzene rings is 1. The molecule has 0 saturated carbocycles.